The molecule has 2 bridgehead atoms. The highest BCUT2D eigenvalue weighted by molar-refractivity contribution is 5.51. The van der Waals surface area contributed by atoms with Gasteiger partial charge in [-0.3, -0.25) is 5.43 Å². The molecular weight excluding hydrogens is 248 g/mol. The molecule has 1 aliphatic rings. The Bertz CT molecular complexity index is 596. The maximum Gasteiger partial charge on any atom is 0.232 e. The lowest BCUT2D eigenvalue weighted by Gasteiger charge is -2.29. The molecule has 19 heavy (non-hydrogen) atoms. The Morgan fingerprint density at radius 2 is 2.16 bits per heavy atom. The summed E-state index contributed by atoms with van der Waals surface area (Å²) in [5.74, 6) is 0.249. The maximum absolute atomic E-state index is 5.75. The molecule has 0 spiro atoms. The summed E-state index contributed by atoms with van der Waals surface area (Å²) < 4.78 is 10.5. The third-order valence-electron chi connectivity index (χ3n) is 2.55. The summed E-state index contributed by atoms with van der Waals surface area (Å²) >= 11 is 0. The first-order valence-electron chi connectivity index (χ1n) is 5.86. The molecule has 0 unspecified atom stereocenters. The fraction of sp³-hybridized carbons (Fsp3) is 0.333. The van der Waals surface area contributed by atoms with Gasteiger partial charge < -0.3 is 9.26 Å². The lowest BCUT2D eigenvalue weighted by molar-refractivity contribution is -0.159. The molecule has 3 rings (SSSR count). The van der Waals surface area contributed by atoms with Crippen molar-refractivity contribution in [2.75, 3.05) is 10.6 Å². The number of anilines is 2. The molecule has 2 aromatic rings. The Morgan fingerprint density at radius 3 is 2.89 bits per heavy atom. The summed E-state index contributed by atoms with van der Waals surface area (Å²) in [6, 6.07) is 5.43. The monoisotopic (exact) mass is 262 g/mol. The predicted octanol–water partition coefficient (Wildman–Crippen LogP) is 2.27. The van der Waals surface area contributed by atoms with Crippen molar-refractivity contribution < 1.29 is 14.1 Å². The van der Waals surface area contributed by atoms with Crippen molar-refractivity contribution in [1.82, 2.24) is 10.1 Å². The molecule has 0 aromatic carbocycles. The quantitative estimate of drug-likeness (QED) is 0.889. The van der Waals surface area contributed by atoms with Crippen molar-refractivity contribution >= 4 is 11.5 Å². The van der Waals surface area contributed by atoms with Crippen LogP contribution in [-0.2, 0) is 4.84 Å². The highest BCUT2D eigenvalue weighted by atomic mass is 16.8. The van der Waals surface area contributed by atoms with Gasteiger partial charge in [-0.05, 0) is 13.0 Å². The highest BCUT2D eigenvalue weighted by Gasteiger charge is 2.30. The molecule has 0 radical (unpaired) electrons. The van der Waals surface area contributed by atoms with Gasteiger partial charge >= 0.3 is 0 Å². The van der Waals surface area contributed by atoms with Crippen molar-refractivity contribution in [3.63, 3.8) is 0 Å². The molecule has 0 amide bonds. The first-order chi connectivity index (χ1) is 9.03. The number of aromatic nitrogens is 2. The van der Waals surface area contributed by atoms with Crippen LogP contribution in [0.1, 0.15) is 19.5 Å². The number of hydrazine groups is 1. The highest BCUT2D eigenvalue weighted by Crippen LogP contribution is 2.28. The minimum absolute atomic E-state index is 0.508. The fourth-order valence-corrected chi connectivity index (χ4v) is 1.70. The summed E-state index contributed by atoms with van der Waals surface area (Å²) in [6.45, 7) is 5.44. The van der Waals surface area contributed by atoms with E-state index in [0.717, 1.165) is 5.69 Å². The van der Waals surface area contributed by atoms with Gasteiger partial charge in [0, 0.05) is 19.9 Å². The van der Waals surface area contributed by atoms with Crippen LogP contribution < -0.4 is 15.3 Å². The van der Waals surface area contributed by atoms with Gasteiger partial charge in [0.25, 0.3) is 0 Å². The maximum atomic E-state index is 5.75. The molecule has 0 atom stereocenters. The van der Waals surface area contributed by atoms with E-state index in [1.807, 2.05) is 19.1 Å². The normalized spacial score (nSPS) is 16.7. The SMILES string of the molecule is Cc1nocc1NN1OC(C)(C)Oc2cccc1n2. The number of ether oxygens (including phenoxy) is 1. The van der Waals surface area contributed by atoms with E-state index < -0.39 is 5.79 Å². The second kappa shape index (κ2) is 4.13. The number of nitrogens with zero attached hydrogens (tertiary/aromatic N) is 3. The summed E-state index contributed by atoms with van der Waals surface area (Å²) in [6.07, 6.45) is 1.50. The Labute approximate surface area is 110 Å². The lowest BCUT2D eigenvalue weighted by atomic mass is 10.4. The predicted molar refractivity (Wildman–Crippen MR) is 67.4 cm³/mol. The summed E-state index contributed by atoms with van der Waals surface area (Å²) in [5, 5.41) is 5.24. The number of hydrogen-bond donors (Lipinski definition) is 1. The lowest BCUT2D eigenvalue weighted by Crippen LogP contribution is -2.42. The summed E-state index contributed by atoms with van der Waals surface area (Å²) in [7, 11) is 0. The average Bonchev–Trinajstić information content (AvgIpc) is 2.70. The van der Waals surface area contributed by atoms with Gasteiger partial charge in [0.1, 0.15) is 17.6 Å². The molecule has 0 aliphatic carbocycles. The van der Waals surface area contributed by atoms with Gasteiger partial charge in [0.2, 0.25) is 11.7 Å². The van der Waals surface area contributed by atoms with Crippen LogP contribution in [0.4, 0.5) is 11.5 Å². The minimum Gasteiger partial charge on any atom is -0.444 e. The van der Waals surface area contributed by atoms with Gasteiger partial charge in [-0.2, -0.15) is 4.98 Å². The van der Waals surface area contributed by atoms with Crippen LogP contribution in [-0.4, -0.2) is 15.9 Å². The molecule has 2 aromatic heterocycles. The third-order valence-corrected chi connectivity index (χ3v) is 2.55. The van der Waals surface area contributed by atoms with Crippen molar-refractivity contribution in [3.8, 4) is 5.88 Å². The smallest absolute Gasteiger partial charge is 0.232 e. The molecule has 100 valence electrons. The van der Waals surface area contributed by atoms with Gasteiger partial charge in [0.15, 0.2) is 5.82 Å². The van der Waals surface area contributed by atoms with E-state index in [4.69, 9.17) is 14.1 Å². The largest absolute Gasteiger partial charge is 0.444 e. The fourth-order valence-electron chi connectivity index (χ4n) is 1.70. The zero-order valence-corrected chi connectivity index (χ0v) is 10.9. The van der Waals surface area contributed by atoms with E-state index in [-0.39, 0.29) is 0 Å². The summed E-state index contributed by atoms with van der Waals surface area (Å²) in [5.41, 5.74) is 4.47. The topological polar surface area (TPSA) is 72.7 Å². The molecule has 0 fully saturated rings. The van der Waals surface area contributed by atoms with Gasteiger partial charge in [0.05, 0.1) is 0 Å². The zero-order valence-electron chi connectivity index (χ0n) is 10.9. The minimum atomic E-state index is -0.846. The van der Waals surface area contributed by atoms with Gasteiger partial charge in [-0.1, -0.05) is 11.2 Å². The van der Waals surface area contributed by atoms with Crippen LogP contribution in [0, 0.1) is 6.92 Å². The molecule has 1 N–H and O–H groups in total. The summed E-state index contributed by atoms with van der Waals surface area (Å²) in [4.78, 5) is 10.1. The third kappa shape index (κ3) is 2.32. The van der Waals surface area contributed by atoms with Crippen LogP contribution in [0.25, 0.3) is 0 Å². The van der Waals surface area contributed by atoms with Crippen molar-refractivity contribution in [2.45, 2.75) is 26.6 Å². The van der Waals surface area contributed by atoms with Crippen molar-refractivity contribution in [1.29, 1.82) is 0 Å². The van der Waals surface area contributed by atoms with Crippen LogP contribution in [0.3, 0.4) is 0 Å². The number of nitrogens with one attached hydrogen (secondary N) is 1. The second-order valence-electron chi connectivity index (χ2n) is 4.65. The Balaban J connectivity index is 1.93. The second-order valence-corrected chi connectivity index (χ2v) is 4.65. The Hall–Kier alpha value is -2.28. The first kappa shape index (κ1) is 11.8. The molecule has 0 saturated heterocycles. The van der Waals surface area contributed by atoms with E-state index in [0.29, 0.717) is 17.4 Å². The van der Waals surface area contributed by atoms with Crippen LogP contribution in [0.15, 0.2) is 29.0 Å². The molecule has 7 nitrogen and oxygen atoms in total. The molecule has 0 saturated carbocycles. The van der Waals surface area contributed by atoms with Crippen LogP contribution in [0.2, 0.25) is 0 Å². The number of rotatable bonds is 2. The number of hydrogen-bond acceptors (Lipinski definition) is 7. The van der Waals surface area contributed by atoms with E-state index >= 15 is 0 Å². The molecule has 3 heterocycles. The van der Waals surface area contributed by atoms with E-state index in [2.05, 4.69) is 15.6 Å². The van der Waals surface area contributed by atoms with E-state index in [1.54, 1.807) is 19.9 Å². The van der Waals surface area contributed by atoms with Crippen LogP contribution >= 0.6 is 0 Å². The van der Waals surface area contributed by atoms with E-state index in [9.17, 15) is 0 Å². The first-order valence-corrected chi connectivity index (χ1v) is 5.86. The number of aryl methyl sites for hydroxylation is 1. The van der Waals surface area contributed by atoms with Crippen molar-refractivity contribution in [2.24, 2.45) is 0 Å². The molecular formula is C12H14N4O3. The van der Waals surface area contributed by atoms with Crippen LogP contribution in [0.5, 0.6) is 5.88 Å². The average molecular weight is 262 g/mol. The number of pyridine rings is 1. The van der Waals surface area contributed by atoms with Crippen molar-refractivity contribution in [3.05, 3.63) is 30.2 Å². The molecule has 7 heteroatoms. The standard InChI is InChI=1S/C12H14N4O3/c1-8-9(7-17-15-8)14-16-10-5-4-6-11(13-10)18-12(2,3)19-16/h4-7,14H,1-3H3. The zero-order chi connectivity index (χ0) is 13.5. The Kier molecular flexibility index (Phi) is 2.56. The number of fused-ring (bicyclic) bond motifs is 2. The van der Waals surface area contributed by atoms with Gasteiger partial charge in [-0.15, -0.1) is 5.17 Å². The van der Waals surface area contributed by atoms with Gasteiger partial charge in [-0.25, -0.2) is 4.84 Å². The Morgan fingerprint density at radius 1 is 1.32 bits per heavy atom. The molecule has 1 aliphatic heterocycles. The van der Waals surface area contributed by atoms with E-state index in [1.165, 1.54) is 11.4 Å².